The van der Waals surface area contributed by atoms with Crippen molar-refractivity contribution in [2.75, 3.05) is 0 Å². The van der Waals surface area contributed by atoms with Crippen molar-refractivity contribution in [3.05, 3.63) is 86.3 Å². The predicted octanol–water partition coefficient (Wildman–Crippen LogP) is 5.49. The normalized spacial score (nSPS) is 12.5. The lowest BCUT2D eigenvalue weighted by atomic mass is 10.0. The standard InChI is InChI=1S/C17H13Cl2NOS2/c18-14-5-1-12(2-6-14)17(13-3-7-15(19)8-4-13)23(21)10-16-9-20-11-22-16/h1-9,11,17H,10H2/t23-/m0/s1. The second kappa shape index (κ2) is 7.58. The van der Waals surface area contributed by atoms with Crippen LogP contribution in [-0.4, -0.2) is 9.19 Å². The van der Waals surface area contributed by atoms with Crippen LogP contribution in [0.5, 0.6) is 0 Å². The van der Waals surface area contributed by atoms with Crippen LogP contribution in [0.1, 0.15) is 21.3 Å². The molecule has 0 spiro atoms. The molecule has 0 N–H and O–H groups in total. The minimum absolute atomic E-state index is 0.230. The highest BCUT2D eigenvalue weighted by atomic mass is 35.5. The highest BCUT2D eigenvalue weighted by Gasteiger charge is 2.22. The van der Waals surface area contributed by atoms with Gasteiger partial charge in [-0.05, 0) is 35.4 Å². The lowest BCUT2D eigenvalue weighted by Gasteiger charge is -2.17. The van der Waals surface area contributed by atoms with Gasteiger partial charge in [0.15, 0.2) is 0 Å². The Morgan fingerprint density at radius 1 is 0.957 bits per heavy atom. The van der Waals surface area contributed by atoms with E-state index >= 15 is 0 Å². The molecule has 23 heavy (non-hydrogen) atoms. The van der Waals surface area contributed by atoms with E-state index < -0.39 is 10.8 Å². The van der Waals surface area contributed by atoms with Crippen LogP contribution in [0, 0.1) is 0 Å². The van der Waals surface area contributed by atoms with Crippen LogP contribution in [0.3, 0.4) is 0 Å². The minimum Gasteiger partial charge on any atom is -0.258 e. The second-order valence-electron chi connectivity index (χ2n) is 4.98. The van der Waals surface area contributed by atoms with Crippen LogP contribution >= 0.6 is 34.5 Å². The van der Waals surface area contributed by atoms with Gasteiger partial charge >= 0.3 is 0 Å². The van der Waals surface area contributed by atoms with Crippen LogP contribution in [0.25, 0.3) is 0 Å². The molecule has 0 aliphatic carbocycles. The van der Waals surface area contributed by atoms with Crippen molar-refractivity contribution in [1.29, 1.82) is 0 Å². The lowest BCUT2D eigenvalue weighted by molar-refractivity contribution is 0.678. The van der Waals surface area contributed by atoms with Crippen molar-refractivity contribution < 1.29 is 4.21 Å². The van der Waals surface area contributed by atoms with Crippen molar-refractivity contribution in [2.24, 2.45) is 0 Å². The van der Waals surface area contributed by atoms with E-state index in [-0.39, 0.29) is 5.25 Å². The smallest absolute Gasteiger partial charge is 0.0850 e. The Balaban J connectivity index is 1.97. The zero-order valence-corrected chi connectivity index (χ0v) is 15.1. The molecule has 2 nitrogen and oxygen atoms in total. The molecule has 3 rings (SSSR count). The summed E-state index contributed by atoms with van der Waals surface area (Å²) in [5, 5.41) is 1.10. The summed E-state index contributed by atoms with van der Waals surface area (Å²) in [6.07, 6.45) is 1.77. The van der Waals surface area contributed by atoms with Crippen LogP contribution in [0.15, 0.2) is 60.2 Å². The SMILES string of the molecule is O=[S@@](Cc1cncs1)C(c1ccc(Cl)cc1)c1ccc(Cl)cc1. The maximum absolute atomic E-state index is 13.0. The van der Waals surface area contributed by atoms with E-state index in [0.717, 1.165) is 16.0 Å². The number of rotatable bonds is 5. The molecular weight excluding hydrogens is 369 g/mol. The van der Waals surface area contributed by atoms with Crippen LogP contribution < -0.4 is 0 Å². The molecule has 0 unspecified atom stereocenters. The molecule has 6 heteroatoms. The average molecular weight is 382 g/mol. The molecule has 2 aromatic carbocycles. The quantitative estimate of drug-likeness (QED) is 0.584. The first-order valence-corrected chi connectivity index (χ1v) is 9.91. The fourth-order valence-corrected chi connectivity index (χ4v) is 5.00. The van der Waals surface area contributed by atoms with E-state index in [1.165, 1.54) is 11.3 Å². The number of hydrogen-bond acceptors (Lipinski definition) is 3. The molecule has 118 valence electrons. The van der Waals surface area contributed by atoms with Gasteiger partial charge in [-0.15, -0.1) is 11.3 Å². The second-order valence-corrected chi connectivity index (χ2v) is 8.34. The van der Waals surface area contributed by atoms with Gasteiger partial charge in [0.05, 0.1) is 16.5 Å². The Labute approximate surface area is 151 Å². The van der Waals surface area contributed by atoms with Crippen LogP contribution in [0.4, 0.5) is 0 Å². The van der Waals surface area contributed by atoms with Gasteiger partial charge in [0, 0.05) is 31.9 Å². The summed E-state index contributed by atoms with van der Waals surface area (Å²) in [5.74, 6) is 0.473. The molecule has 0 bridgehead atoms. The first-order valence-electron chi connectivity index (χ1n) is 6.89. The highest BCUT2D eigenvalue weighted by molar-refractivity contribution is 7.84. The van der Waals surface area contributed by atoms with E-state index in [4.69, 9.17) is 23.2 Å². The molecule has 0 amide bonds. The third-order valence-electron chi connectivity index (χ3n) is 3.38. The van der Waals surface area contributed by atoms with E-state index in [1.54, 1.807) is 11.7 Å². The zero-order chi connectivity index (χ0) is 16.2. The summed E-state index contributed by atoms with van der Waals surface area (Å²) in [7, 11) is -1.12. The van der Waals surface area contributed by atoms with E-state index in [1.807, 2.05) is 48.5 Å². The highest BCUT2D eigenvalue weighted by Crippen LogP contribution is 2.32. The topological polar surface area (TPSA) is 30.0 Å². The molecule has 0 aliphatic heterocycles. The Hall–Kier alpha value is -1.20. The number of halogens is 2. The van der Waals surface area contributed by atoms with Crippen LogP contribution in [-0.2, 0) is 16.6 Å². The number of aromatic nitrogens is 1. The van der Waals surface area contributed by atoms with Gasteiger partial charge in [0.25, 0.3) is 0 Å². The zero-order valence-electron chi connectivity index (χ0n) is 12.0. The number of benzene rings is 2. The van der Waals surface area contributed by atoms with Gasteiger partial charge in [-0.2, -0.15) is 0 Å². The Morgan fingerprint density at radius 3 is 1.91 bits per heavy atom. The number of nitrogens with zero attached hydrogens (tertiary/aromatic N) is 1. The molecule has 1 aromatic heterocycles. The fourth-order valence-electron chi connectivity index (χ4n) is 2.31. The Kier molecular flexibility index (Phi) is 5.49. The fraction of sp³-hybridized carbons (Fsp3) is 0.118. The number of hydrogen-bond donors (Lipinski definition) is 0. The third-order valence-corrected chi connectivity index (χ3v) is 6.51. The summed E-state index contributed by atoms with van der Waals surface area (Å²) < 4.78 is 13.0. The minimum atomic E-state index is -1.12. The molecular formula is C17H13Cl2NOS2. The van der Waals surface area contributed by atoms with Crippen LogP contribution in [0.2, 0.25) is 10.0 Å². The summed E-state index contributed by atoms with van der Waals surface area (Å²) in [6, 6.07) is 15.0. The third kappa shape index (κ3) is 4.21. The van der Waals surface area contributed by atoms with Gasteiger partial charge < -0.3 is 0 Å². The molecule has 0 radical (unpaired) electrons. The molecule has 0 aliphatic rings. The van der Waals surface area contributed by atoms with E-state index in [9.17, 15) is 4.21 Å². The Bertz CT molecular complexity index is 741. The van der Waals surface area contributed by atoms with Crippen molar-refractivity contribution in [2.45, 2.75) is 11.0 Å². The molecule has 0 saturated carbocycles. The maximum Gasteiger partial charge on any atom is 0.0850 e. The van der Waals surface area contributed by atoms with Gasteiger partial charge in [-0.3, -0.25) is 9.19 Å². The molecule has 3 aromatic rings. The summed E-state index contributed by atoms with van der Waals surface area (Å²) in [5.41, 5.74) is 3.70. The number of thiazole rings is 1. The summed E-state index contributed by atoms with van der Waals surface area (Å²) in [6.45, 7) is 0. The van der Waals surface area contributed by atoms with Crippen molar-refractivity contribution in [3.63, 3.8) is 0 Å². The average Bonchev–Trinajstić information content (AvgIpc) is 3.04. The van der Waals surface area contributed by atoms with Crippen molar-refractivity contribution in [1.82, 2.24) is 4.98 Å². The van der Waals surface area contributed by atoms with Gasteiger partial charge in [-0.25, -0.2) is 0 Å². The summed E-state index contributed by atoms with van der Waals surface area (Å²) >= 11 is 13.5. The van der Waals surface area contributed by atoms with E-state index in [2.05, 4.69) is 4.98 Å². The Morgan fingerprint density at radius 2 is 1.48 bits per heavy atom. The monoisotopic (exact) mass is 381 g/mol. The molecule has 1 atom stereocenters. The lowest BCUT2D eigenvalue weighted by Crippen LogP contribution is -2.10. The largest absolute Gasteiger partial charge is 0.258 e. The first-order chi connectivity index (χ1) is 11.1. The summed E-state index contributed by atoms with van der Waals surface area (Å²) in [4.78, 5) is 5.06. The molecule has 1 heterocycles. The first kappa shape index (κ1) is 16.7. The molecule has 0 fully saturated rings. The molecule has 0 saturated heterocycles. The predicted molar refractivity (Wildman–Crippen MR) is 98.7 cm³/mol. The van der Waals surface area contributed by atoms with Gasteiger partial charge in [0.2, 0.25) is 0 Å². The van der Waals surface area contributed by atoms with Gasteiger partial charge in [0.1, 0.15) is 0 Å². The van der Waals surface area contributed by atoms with Crippen molar-refractivity contribution in [3.8, 4) is 0 Å². The maximum atomic E-state index is 13.0. The van der Waals surface area contributed by atoms with Gasteiger partial charge in [-0.1, -0.05) is 47.5 Å². The van der Waals surface area contributed by atoms with E-state index in [0.29, 0.717) is 15.8 Å². The van der Waals surface area contributed by atoms with Crippen molar-refractivity contribution >= 4 is 45.3 Å².